The molecule has 1 heterocycles. The second-order valence-corrected chi connectivity index (χ2v) is 6.39. The number of nitrogens with two attached hydrogens (primary N) is 1. The van der Waals surface area contributed by atoms with Crippen LogP contribution in [0.5, 0.6) is 0 Å². The second-order valence-electron chi connectivity index (χ2n) is 6.39. The Morgan fingerprint density at radius 2 is 1.65 bits per heavy atom. The zero-order chi connectivity index (χ0) is 14.6. The van der Waals surface area contributed by atoms with Crippen LogP contribution >= 0.6 is 0 Å². The molecule has 20 heavy (non-hydrogen) atoms. The molecule has 1 saturated carbocycles. The maximum atomic E-state index is 12.4. The van der Waals surface area contributed by atoms with Gasteiger partial charge in [0, 0.05) is 25.6 Å². The van der Waals surface area contributed by atoms with Gasteiger partial charge in [0.25, 0.3) is 0 Å². The van der Waals surface area contributed by atoms with Gasteiger partial charge in [-0.3, -0.25) is 9.59 Å². The summed E-state index contributed by atoms with van der Waals surface area (Å²) in [5.41, 5.74) is 5.02. The second kappa shape index (κ2) is 6.57. The van der Waals surface area contributed by atoms with Crippen LogP contribution in [0.1, 0.15) is 57.8 Å². The molecule has 1 aliphatic carbocycles. The Balaban J connectivity index is 2.00. The van der Waals surface area contributed by atoms with Crippen LogP contribution in [0.25, 0.3) is 0 Å². The van der Waals surface area contributed by atoms with E-state index in [0.29, 0.717) is 25.9 Å². The quantitative estimate of drug-likeness (QED) is 0.772. The van der Waals surface area contributed by atoms with E-state index in [1.807, 2.05) is 0 Å². The third-order valence-electron chi connectivity index (χ3n) is 4.90. The van der Waals surface area contributed by atoms with Gasteiger partial charge in [0.15, 0.2) is 0 Å². The van der Waals surface area contributed by atoms with E-state index in [-0.39, 0.29) is 18.4 Å². The number of carboxylic acid groups (broad SMARTS) is 1. The van der Waals surface area contributed by atoms with Gasteiger partial charge in [0.05, 0.1) is 5.41 Å². The molecule has 0 unspecified atom stereocenters. The number of amides is 1. The first kappa shape index (κ1) is 15.3. The van der Waals surface area contributed by atoms with Gasteiger partial charge in [-0.1, -0.05) is 25.7 Å². The van der Waals surface area contributed by atoms with Crippen molar-refractivity contribution in [3.63, 3.8) is 0 Å². The smallest absolute Gasteiger partial charge is 0.310 e. The summed E-state index contributed by atoms with van der Waals surface area (Å²) < 4.78 is 0. The zero-order valence-electron chi connectivity index (χ0n) is 12.1. The van der Waals surface area contributed by atoms with Gasteiger partial charge < -0.3 is 15.7 Å². The molecule has 0 spiro atoms. The van der Waals surface area contributed by atoms with Crippen LogP contribution in [-0.4, -0.2) is 41.0 Å². The maximum absolute atomic E-state index is 12.4. The topological polar surface area (TPSA) is 83.6 Å². The van der Waals surface area contributed by atoms with E-state index in [2.05, 4.69) is 0 Å². The van der Waals surface area contributed by atoms with Gasteiger partial charge in [-0.05, 0) is 25.7 Å². The molecule has 2 aliphatic rings. The largest absolute Gasteiger partial charge is 0.481 e. The molecule has 5 heteroatoms. The Bertz CT molecular complexity index is 354. The minimum Gasteiger partial charge on any atom is -0.481 e. The molecule has 1 amide bonds. The Hall–Kier alpha value is -1.10. The summed E-state index contributed by atoms with van der Waals surface area (Å²) in [5.74, 6) is -0.789. The van der Waals surface area contributed by atoms with Crippen LogP contribution in [0, 0.1) is 5.41 Å². The fourth-order valence-electron chi connectivity index (χ4n) is 3.42. The number of carbonyl (C=O) groups is 2. The summed E-state index contributed by atoms with van der Waals surface area (Å²) in [5, 5.41) is 9.61. The third kappa shape index (κ3) is 3.51. The Labute approximate surface area is 120 Å². The van der Waals surface area contributed by atoms with E-state index >= 15 is 0 Å². The average Bonchev–Trinajstić information content (AvgIpc) is 2.66. The first-order valence-electron chi connectivity index (χ1n) is 7.80. The number of carbonyl (C=O) groups excluding carboxylic acids is 1. The molecule has 0 aromatic carbocycles. The number of hydrogen-bond acceptors (Lipinski definition) is 3. The highest BCUT2D eigenvalue weighted by Crippen LogP contribution is 2.39. The number of rotatable bonds is 3. The van der Waals surface area contributed by atoms with Gasteiger partial charge in [-0.25, -0.2) is 0 Å². The highest BCUT2D eigenvalue weighted by molar-refractivity contribution is 5.85. The van der Waals surface area contributed by atoms with Crippen molar-refractivity contribution in [2.24, 2.45) is 11.1 Å². The van der Waals surface area contributed by atoms with Crippen molar-refractivity contribution in [3.8, 4) is 0 Å². The van der Waals surface area contributed by atoms with Crippen LogP contribution in [0.4, 0.5) is 0 Å². The number of piperidine rings is 1. The average molecular weight is 282 g/mol. The van der Waals surface area contributed by atoms with Crippen LogP contribution in [0.15, 0.2) is 0 Å². The fraction of sp³-hybridized carbons (Fsp3) is 0.867. The summed E-state index contributed by atoms with van der Waals surface area (Å²) in [7, 11) is 0. The molecule has 0 bridgehead atoms. The normalized spacial score (nSPS) is 24.1. The molecular weight excluding hydrogens is 256 g/mol. The summed E-state index contributed by atoms with van der Waals surface area (Å²) in [4.78, 5) is 25.9. The Kier molecular flexibility index (Phi) is 5.02. The van der Waals surface area contributed by atoms with Gasteiger partial charge in [-0.2, -0.15) is 0 Å². The zero-order valence-corrected chi connectivity index (χ0v) is 12.1. The van der Waals surface area contributed by atoms with Crippen molar-refractivity contribution in [2.45, 2.75) is 63.8 Å². The molecule has 0 atom stereocenters. The molecule has 2 rings (SSSR count). The lowest BCUT2D eigenvalue weighted by molar-refractivity contribution is -0.155. The first-order valence-corrected chi connectivity index (χ1v) is 7.80. The van der Waals surface area contributed by atoms with E-state index < -0.39 is 11.4 Å². The SMILES string of the molecule is NC1CCN(C(=O)CC2(C(=O)O)CCCCCC2)CC1. The molecule has 2 fully saturated rings. The van der Waals surface area contributed by atoms with Crippen LogP contribution in [0.3, 0.4) is 0 Å². The minimum absolute atomic E-state index is 0.00111. The van der Waals surface area contributed by atoms with Crippen LogP contribution in [-0.2, 0) is 9.59 Å². The van der Waals surface area contributed by atoms with Gasteiger partial charge >= 0.3 is 5.97 Å². The lowest BCUT2D eigenvalue weighted by atomic mass is 9.77. The van der Waals surface area contributed by atoms with E-state index in [4.69, 9.17) is 5.73 Å². The molecule has 0 aromatic rings. The Morgan fingerprint density at radius 3 is 2.15 bits per heavy atom. The number of nitrogens with zero attached hydrogens (tertiary/aromatic N) is 1. The summed E-state index contributed by atoms with van der Waals surface area (Å²) in [6.07, 6.45) is 7.11. The molecule has 0 aromatic heterocycles. The van der Waals surface area contributed by atoms with E-state index in [1.165, 1.54) is 0 Å². The van der Waals surface area contributed by atoms with Crippen LogP contribution < -0.4 is 5.73 Å². The first-order chi connectivity index (χ1) is 9.53. The lowest BCUT2D eigenvalue weighted by Crippen LogP contribution is -2.45. The van der Waals surface area contributed by atoms with E-state index in [1.54, 1.807) is 4.90 Å². The molecule has 1 saturated heterocycles. The molecule has 5 nitrogen and oxygen atoms in total. The number of likely N-dealkylation sites (tertiary alicyclic amines) is 1. The summed E-state index contributed by atoms with van der Waals surface area (Å²) >= 11 is 0. The summed E-state index contributed by atoms with van der Waals surface area (Å²) in [6.45, 7) is 1.35. The van der Waals surface area contributed by atoms with Crippen molar-refractivity contribution in [3.05, 3.63) is 0 Å². The molecular formula is C15H26N2O3. The van der Waals surface area contributed by atoms with Crippen molar-refractivity contribution in [1.82, 2.24) is 4.90 Å². The lowest BCUT2D eigenvalue weighted by Gasteiger charge is -2.34. The Morgan fingerprint density at radius 1 is 1.10 bits per heavy atom. The number of hydrogen-bond donors (Lipinski definition) is 2. The van der Waals surface area contributed by atoms with E-state index in [9.17, 15) is 14.7 Å². The molecule has 3 N–H and O–H groups in total. The van der Waals surface area contributed by atoms with Crippen LogP contribution in [0.2, 0.25) is 0 Å². The molecule has 1 aliphatic heterocycles. The fourth-order valence-corrected chi connectivity index (χ4v) is 3.42. The maximum Gasteiger partial charge on any atom is 0.310 e. The standard InChI is InChI=1S/C15H26N2O3/c16-12-5-9-17(10-6-12)13(18)11-15(14(19)20)7-3-1-2-4-8-15/h12H,1-11,16H2,(H,19,20). The molecule has 0 radical (unpaired) electrons. The number of aliphatic carboxylic acids is 1. The highest BCUT2D eigenvalue weighted by Gasteiger charge is 2.41. The minimum atomic E-state index is -0.826. The summed E-state index contributed by atoms with van der Waals surface area (Å²) in [6, 6.07) is 0.186. The van der Waals surface area contributed by atoms with Crippen molar-refractivity contribution in [1.29, 1.82) is 0 Å². The number of carboxylic acids is 1. The van der Waals surface area contributed by atoms with Gasteiger partial charge in [0.1, 0.15) is 0 Å². The third-order valence-corrected chi connectivity index (χ3v) is 4.90. The van der Waals surface area contributed by atoms with Crippen molar-refractivity contribution >= 4 is 11.9 Å². The van der Waals surface area contributed by atoms with Gasteiger partial charge in [0.2, 0.25) is 5.91 Å². The van der Waals surface area contributed by atoms with Crippen molar-refractivity contribution in [2.75, 3.05) is 13.1 Å². The highest BCUT2D eigenvalue weighted by atomic mass is 16.4. The van der Waals surface area contributed by atoms with E-state index in [0.717, 1.165) is 38.5 Å². The predicted molar refractivity (Wildman–Crippen MR) is 76.2 cm³/mol. The molecule has 114 valence electrons. The monoisotopic (exact) mass is 282 g/mol. The van der Waals surface area contributed by atoms with Crippen molar-refractivity contribution < 1.29 is 14.7 Å². The van der Waals surface area contributed by atoms with Gasteiger partial charge in [-0.15, -0.1) is 0 Å². The predicted octanol–water partition coefficient (Wildman–Crippen LogP) is 1.75.